The Morgan fingerprint density at radius 3 is 2.35 bits per heavy atom. The normalized spacial score (nSPS) is 10.6. The Morgan fingerprint density at radius 1 is 1.04 bits per heavy atom. The third-order valence-electron chi connectivity index (χ3n) is 3.30. The average Bonchev–Trinajstić information content (AvgIpc) is 2.52. The molecular formula is C19H20N2O2. The third kappa shape index (κ3) is 4.81. The van der Waals surface area contributed by atoms with E-state index in [9.17, 15) is 9.59 Å². The van der Waals surface area contributed by atoms with Crippen LogP contribution in [0.25, 0.3) is 6.08 Å². The smallest absolute Gasteiger partial charge is 0.221 e. The van der Waals surface area contributed by atoms with E-state index in [4.69, 9.17) is 0 Å². The minimum absolute atomic E-state index is 0.103. The molecule has 0 radical (unpaired) electrons. The number of nitrogens with one attached hydrogen (secondary N) is 1. The summed E-state index contributed by atoms with van der Waals surface area (Å²) in [5.74, 6) is -0.264. The molecule has 0 saturated heterocycles. The van der Waals surface area contributed by atoms with Gasteiger partial charge in [-0.3, -0.25) is 9.59 Å². The van der Waals surface area contributed by atoms with Gasteiger partial charge in [-0.1, -0.05) is 30.3 Å². The standard InChI is InChI=1S/C19H20N2O2/c1-14(22)20-17-6-4-5-16(13-17)19(23)12-9-15-7-10-18(11-8-15)21(2)3/h4-13H,1-3H3,(H,20,22)/b12-9+. The van der Waals surface area contributed by atoms with Crippen LogP contribution in [0.2, 0.25) is 0 Å². The van der Waals surface area contributed by atoms with Crippen molar-refractivity contribution in [1.82, 2.24) is 0 Å². The number of rotatable bonds is 5. The predicted octanol–water partition coefficient (Wildman–Crippen LogP) is 3.61. The summed E-state index contributed by atoms with van der Waals surface area (Å²) in [6, 6.07) is 14.8. The Kier molecular flexibility index (Phi) is 5.31. The molecule has 0 bridgehead atoms. The minimum Gasteiger partial charge on any atom is -0.378 e. The quantitative estimate of drug-likeness (QED) is 0.678. The summed E-state index contributed by atoms with van der Waals surface area (Å²) in [5, 5.41) is 2.67. The van der Waals surface area contributed by atoms with Crippen molar-refractivity contribution in [1.29, 1.82) is 0 Å². The van der Waals surface area contributed by atoms with Crippen LogP contribution in [0.1, 0.15) is 22.8 Å². The van der Waals surface area contributed by atoms with Gasteiger partial charge >= 0.3 is 0 Å². The molecular weight excluding hydrogens is 288 g/mol. The molecule has 2 aromatic carbocycles. The monoisotopic (exact) mass is 308 g/mol. The summed E-state index contributed by atoms with van der Waals surface area (Å²) in [6.07, 6.45) is 3.32. The van der Waals surface area contributed by atoms with Crippen molar-refractivity contribution in [2.75, 3.05) is 24.3 Å². The van der Waals surface area contributed by atoms with Gasteiger partial charge in [0.25, 0.3) is 0 Å². The highest BCUT2D eigenvalue weighted by Crippen LogP contribution is 2.15. The van der Waals surface area contributed by atoms with Gasteiger partial charge in [0.15, 0.2) is 5.78 Å². The zero-order valence-electron chi connectivity index (χ0n) is 13.5. The molecule has 0 saturated carbocycles. The largest absolute Gasteiger partial charge is 0.378 e. The Balaban J connectivity index is 2.10. The summed E-state index contributed by atoms with van der Waals surface area (Å²) in [7, 11) is 3.97. The summed E-state index contributed by atoms with van der Waals surface area (Å²) in [4.78, 5) is 25.3. The second-order valence-electron chi connectivity index (χ2n) is 5.45. The topological polar surface area (TPSA) is 49.4 Å². The van der Waals surface area contributed by atoms with Crippen LogP contribution in [-0.2, 0) is 4.79 Å². The predicted molar refractivity (Wildman–Crippen MR) is 94.9 cm³/mol. The van der Waals surface area contributed by atoms with E-state index >= 15 is 0 Å². The summed E-state index contributed by atoms with van der Waals surface area (Å²) in [5.41, 5.74) is 3.22. The number of carbonyl (C=O) groups is 2. The van der Waals surface area contributed by atoms with Gasteiger partial charge in [0, 0.05) is 38.0 Å². The first kappa shape index (κ1) is 16.5. The van der Waals surface area contributed by atoms with Crippen molar-refractivity contribution >= 4 is 29.1 Å². The molecule has 0 unspecified atom stereocenters. The summed E-state index contributed by atoms with van der Waals surface area (Å²) >= 11 is 0. The van der Waals surface area contributed by atoms with E-state index < -0.39 is 0 Å². The molecule has 0 aliphatic rings. The molecule has 0 aliphatic carbocycles. The van der Waals surface area contributed by atoms with E-state index in [1.165, 1.54) is 13.0 Å². The Morgan fingerprint density at radius 2 is 1.74 bits per heavy atom. The van der Waals surface area contributed by atoms with Gasteiger partial charge in [-0.25, -0.2) is 0 Å². The fourth-order valence-corrected chi connectivity index (χ4v) is 2.11. The first-order chi connectivity index (χ1) is 11.0. The van der Waals surface area contributed by atoms with Crippen LogP contribution < -0.4 is 10.2 Å². The van der Waals surface area contributed by atoms with E-state index in [2.05, 4.69) is 5.32 Å². The Bertz CT molecular complexity index is 731. The molecule has 23 heavy (non-hydrogen) atoms. The van der Waals surface area contributed by atoms with Crippen LogP contribution in [0.4, 0.5) is 11.4 Å². The number of amides is 1. The van der Waals surface area contributed by atoms with Gasteiger partial charge in [0.05, 0.1) is 0 Å². The molecule has 2 rings (SSSR count). The van der Waals surface area contributed by atoms with Crippen molar-refractivity contribution in [3.05, 3.63) is 65.7 Å². The molecule has 4 heteroatoms. The van der Waals surface area contributed by atoms with Crippen molar-refractivity contribution in [3.8, 4) is 0 Å². The maximum atomic E-state index is 12.2. The SMILES string of the molecule is CC(=O)Nc1cccc(C(=O)/C=C/c2ccc(N(C)C)cc2)c1. The maximum absolute atomic E-state index is 12.2. The highest BCUT2D eigenvalue weighted by molar-refractivity contribution is 6.07. The lowest BCUT2D eigenvalue weighted by Crippen LogP contribution is -2.07. The zero-order valence-corrected chi connectivity index (χ0v) is 13.5. The molecule has 0 fully saturated rings. The molecule has 4 nitrogen and oxygen atoms in total. The molecule has 1 N–H and O–H groups in total. The lowest BCUT2D eigenvalue weighted by Gasteiger charge is -2.11. The molecule has 0 atom stereocenters. The van der Waals surface area contributed by atoms with Gasteiger partial charge in [0.1, 0.15) is 0 Å². The van der Waals surface area contributed by atoms with Gasteiger partial charge in [0.2, 0.25) is 5.91 Å². The van der Waals surface area contributed by atoms with Crippen LogP contribution in [-0.4, -0.2) is 25.8 Å². The van der Waals surface area contributed by atoms with E-state index in [-0.39, 0.29) is 11.7 Å². The lowest BCUT2D eigenvalue weighted by molar-refractivity contribution is -0.114. The number of ketones is 1. The first-order valence-electron chi connectivity index (χ1n) is 7.33. The van der Waals surface area contributed by atoms with E-state index in [0.717, 1.165) is 11.3 Å². The van der Waals surface area contributed by atoms with Crippen molar-refractivity contribution in [3.63, 3.8) is 0 Å². The van der Waals surface area contributed by atoms with E-state index in [0.29, 0.717) is 11.3 Å². The number of benzene rings is 2. The zero-order chi connectivity index (χ0) is 16.8. The Hall–Kier alpha value is -2.88. The second-order valence-corrected chi connectivity index (χ2v) is 5.45. The number of hydrogen-bond acceptors (Lipinski definition) is 3. The Labute approximate surface area is 136 Å². The number of allylic oxidation sites excluding steroid dienone is 1. The number of hydrogen-bond donors (Lipinski definition) is 1. The van der Waals surface area contributed by atoms with Gasteiger partial charge < -0.3 is 10.2 Å². The molecule has 0 spiro atoms. The van der Waals surface area contributed by atoms with Crippen LogP contribution in [0, 0.1) is 0 Å². The van der Waals surface area contributed by atoms with Crippen LogP contribution in [0.3, 0.4) is 0 Å². The second kappa shape index (κ2) is 7.40. The summed E-state index contributed by atoms with van der Waals surface area (Å²) < 4.78 is 0. The number of nitrogens with zero attached hydrogens (tertiary/aromatic N) is 1. The first-order valence-corrected chi connectivity index (χ1v) is 7.33. The molecule has 1 amide bonds. The van der Waals surface area contributed by atoms with Crippen molar-refractivity contribution in [2.45, 2.75) is 6.92 Å². The third-order valence-corrected chi connectivity index (χ3v) is 3.30. The fraction of sp³-hybridized carbons (Fsp3) is 0.158. The van der Waals surface area contributed by atoms with Crippen LogP contribution >= 0.6 is 0 Å². The average molecular weight is 308 g/mol. The maximum Gasteiger partial charge on any atom is 0.221 e. The van der Waals surface area contributed by atoms with E-state index in [1.54, 1.807) is 30.3 Å². The van der Waals surface area contributed by atoms with Gasteiger partial charge in [-0.2, -0.15) is 0 Å². The van der Waals surface area contributed by atoms with Gasteiger partial charge in [-0.15, -0.1) is 0 Å². The van der Waals surface area contributed by atoms with Crippen molar-refractivity contribution in [2.24, 2.45) is 0 Å². The highest BCUT2D eigenvalue weighted by Gasteiger charge is 2.04. The number of carbonyl (C=O) groups excluding carboxylic acids is 2. The van der Waals surface area contributed by atoms with E-state index in [1.807, 2.05) is 43.3 Å². The minimum atomic E-state index is -0.161. The molecule has 118 valence electrons. The van der Waals surface area contributed by atoms with Gasteiger partial charge in [-0.05, 0) is 35.9 Å². The lowest BCUT2D eigenvalue weighted by atomic mass is 10.1. The molecule has 2 aromatic rings. The molecule has 0 aliphatic heterocycles. The fourth-order valence-electron chi connectivity index (χ4n) is 2.11. The van der Waals surface area contributed by atoms with Crippen LogP contribution in [0.15, 0.2) is 54.6 Å². The highest BCUT2D eigenvalue weighted by atomic mass is 16.1. The van der Waals surface area contributed by atoms with Crippen molar-refractivity contribution < 1.29 is 9.59 Å². The summed E-state index contributed by atoms with van der Waals surface area (Å²) in [6.45, 7) is 1.44. The number of anilines is 2. The molecule has 0 aromatic heterocycles. The molecule has 0 heterocycles. The van der Waals surface area contributed by atoms with Crippen LogP contribution in [0.5, 0.6) is 0 Å².